The highest BCUT2D eigenvalue weighted by molar-refractivity contribution is 7.82. The number of esters is 1. The third-order valence-corrected chi connectivity index (χ3v) is 2.03. The first-order valence-electron chi connectivity index (χ1n) is 4.54. The highest BCUT2D eigenvalue weighted by atomic mass is 32.1. The molecule has 0 unspecified atom stereocenters. The molecule has 0 spiro atoms. The summed E-state index contributed by atoms with van der Waals surface area (Å²) in [5.74, 6) is 0.493. The Hall–Kier alpha value is -1.62. The first kappa shape index (κ1) is 12.4. The van der Waals surface area contributed by atoms with Gasteiger partial charge in [0.1, 0.15) is 0 Å². The Bertz CT molecular complexity index is 392. The number of benzene rings is 1. The highest BCUT2D eigenvalue weighted by Crippen LogP contribution is 2.36. The standard InChI is InChI=1S/C11H12O4S/c1-7(16)11(12)15-10-8(13-2)5-4-6-9(10)14-3/h4-6H,1-3H3. The second kappa shape index (κ2) is 5.46. The number of methoxy groups -OCH3 is 2. The van der Waals surface area contributed by atoms with Crippen LogP contribution in [0.3, 0.4) is 0 Å². The van der Waals surface area contributed by atoms with E-state index >= 15 is 0 Å². The number of thiocarbonyl (C=S) groups is 1. The van der Waals surface area contributed by atoms with E-state index in [1.807, 2.05) is 0 Å². The molecule has 0 aromatic heterocycles. The molecule has 0 atom stereocenters. The van der Waals surface area contributed by atoms with Gasteiger partial charge in [0, 0.05) is 0 Å². The van der Waals surface area contributed by atoms with Crippen molar-refractivity contribution in [3.05, 3.63) is 18.2 Å². The van der Waals surface area contributed by atoms with E-state index in [1.165, 1.54) is 21.1 Å². The van der Waals surface area contributed by atoms with Crippen molar-refractivity contribution in [1.29, 1.82) is 0 Å². The summed E-state index contributed by atoms with van der Waals surface area (Å²) in [6, 6.07) is 5.08. The van der Waals surface area contributed by atoms with Crippen LogP contribution in [0.25, 0.3) is 0 Å². The Balaban J connectivity index is 3.09. The van der Waals surface area contributed by atoms with Gasteiger partial charge >= 0.3 is 5.97 Å². The first-order valence-corrected chi connectivity index (χ1v) is 4.94. The van der Waals surface area contributed by atoms with Crippen LogP contribution < -0.4 is 14.2 Å². The van der Waals surface area contributed by atoms with Crippen LogP contribution in [0.2, 0.25) is 0 Å². The molecule has 4 nitrogen and oxygen atoms in total. The highest BCUT2D eigenvalue weighted by Gasteiger charge is 2.16. The summed E-state index contributed by atoms with van der Waals surface area (Å²) in [4.78, 5) is 11.5. The second-order valence-corrected chi connectivity index (χ2v) is 3.55. The largest absolute Gasteiger partial charge is 0.493 e. The predicted molar refractivity (Wildman–Crippen MR) is 63.5 cm³/mol. The maximum atomic E-state index is 11.4. The van der Waals surface area contributed by atoms with Crippen LogP contribution in [0, 0.1) is 0 Å². The van der Waals surface area contributed by atoms with Crippen LogP contribution >= 0.6 is 12.2 Å². The summed E-state index contributed by atoms with van der Waals surface area (Å²) >= 11 is 4.72. The fourth-order valence-electron chi connectivity index (χ4n) is 1.08. The third-order valence-electron chi connectivity index (χ3n) is 1.86. The molecule has 1 rings (SSSR count). The van der Waals surface area contributed by atoms with Gasteiger partial charge in [-0.1, -0.05) is 18.3 Å². The van der Waals surface area contributed by atoms with Gasteiger partial charge in [0.2, 0.25) is 5.75 Å². The molecule has 1 aromatic rings. The van der Waals surface area contributed by atoms with Crippen molar-refractivity contribution in [2.75, 3.05) is 14.2 Å². The molecule has 0 aliphatic carbocycles. The molecule has 1 aromatic carbocycles. The van der Waals surface area contributed by atoms with Crippen LogP contribution in [0.1, 0.15) is 6.92 Å². The number of para-hydroxylation sites is 1. The van der Waals surface area contributed by atoms with E-state index in [-0.39, 0.29) is 10.6 Å². The summed E-state index contributed by atoms with van der Waals surface area (Å²) in [6.07, 6.45) is 0. The van der Waals surface area contributed by atoms with E-state index in [2.05, 4.69) is 0 Å². The zero-order valence-corrected chi connectivity index (χ0v) is 10.1. The van der Waals surface area contributed by atoms with Crippen molar-refractivity contribution in [3.8, 4) is 17.2 Å². The molecular formula is C11H12O4S. The van der Waals surface area contributed by atoms with Crippen molar-refractivity contribution < 1.29 is 19.0 Å². The van der Waals surface area contributed by atoms with Crippen LogP contribution in [0.5, 0.6) is 17.2 Å². The molecule has 0 amide bonds. The van der Waals surface area contributed by atoms with E-state index in [1.54, 1.807) is 18.2 Å². The average molecular weight is 240 g/mol. The lowest BCUT2D eigenvalue weighted by Gasteiger charge is -2.12. The summed E-state index contributed by atoms with van der Waals surface area (Å²) in [7, 11) is 2.97. The molecule has 0 bridgehead atoms. The minimum Gasteiger partial charge on any atom is -0.493 e. The molecule has 0 aliphatic heterocycles. The Morgan fingerprint density at radius 2 is 1.69 bits per heavy atom. The van der Waals surface area contributed by atoms with Gasteiger partial charge in [0.15, 0.2) is 11.5 Å². The van der Waals surface area contributed by atoms with E-state index in [9.17, 15) is 4.79 Å². The number of carbonyl (C=O) groups is 1. The number of carbonyl (C=O) groups excluding carboxylic acids is 1. The number of hydrogen-bond donors (Lipinski definition) is 0. The zero-order valence-electron chi connectivity index (χ0n) is 9.27. The third kappa shape index (κ3) is 2.70. The fraction of sp³-hybridized carbons (Fsp3) is 0.273. The first-order chi connectivity index (χ1) is 7.60. The second-order valence-electron chi connectivity index (χ2n) is 2.94. The molecule has 5 heteroatoms. The average Bonchev–Trinajstić information content (AvgIpc) is 2.29. The van der Waals surface area contributed by atoms with E-state index < -0.39 is 5.97 Å². The maximum absolute atomic E-state index is 11.4. The molecule has 0 aliphatic rings. The van der Waals surface area contributed by atoms with Crippen LogP contribution in [-0.2, 0) is 4.79 Å². The Labute approximate surface area is 99.1 Å². The van der Waals surface area contributed by atoms with Crippen LogP contribution in [-0.4, -0.2) is 25.1 Å². The van der Waals surface area contributed by atoms with E-state index in [0.29, 0.717) is 11.5 Å². The monoisotopic (exact) mass is 240 g/mol. The summed E-state index contributed by atoms with van der Waals surface area (Å²) in [5, 5.41) is 0. The molecule has 16 heavy (non-hydrogen) atoms. The van der Waals surface area contributed by atoms with Crippen molar-refractivity contribution in [1.82, 2.24) is 0 Å². The zero-order chi connectivity index (χ0) is 12.1. The Kier molecular flexibility index (Phi) is 4.25. The lowest BCUT2D eigenvalue weighted by molar-refractivity contribution is -0.127. The minimum atomic E-state index is -0.585. The molecule has 0 heterocycles. The van der Waals surface area contributed by atoms with Gasteiger partial charge in [-0.15, -0.1) is 0 Å². The van der Waals surface area contributed by atoms with Crippen molar-refractivity contribution in [2.24, 2.45) is 0 Å². The summed E-state index contributed by atoms with van der Waals surface area (Å²) in [5.41, 5.74) is 0. The number of ether oxygens (including phenoxy) is 3. The molecule has 86 valence electrons. The topological polar surface area (TPSA) is 44.8 Å². The van der Waals surface area contributed by atoms with Crippen molar-refractivity contribution >= 4 is 23.1 Å². The molecule has 0 radical (unpaired) electrons. The van der Waals surface area contributed by atoms with Gasteiger partial charge in [-0.2, -0.15) is 0 Å². The van der Waals surface area contributed by atoms with Gasteiger partial charge < -0.3 is 14.2 Å². The van der Waals surface area contributed by atoms with Crippen LogP contribution in [0.15, 0.2) is 18.2 Å². The van der Waals surface area contributed by atoms with Gasteiger partial charge in [-0.3, -0.25) is 0 Å². The molecule has 0 saturated heterocycles. The fourth-order valence-corrected chi connectivity index (χ4v) is 1.12. The number of rotatable bonds is 4. The minimum absolute atomic E-state index is 0.146. The lowest BCUT2D eigenvalue weighted by atomic mass is 10.3. The van der Waals surface area contributed by atoms with Crippen LogP contribution in [0.4, 0.5) is 0 Å². The Morgan fingerprint density at radius 1 is 1.19 bits per heavy atom. The maximum Gasteiger partial charge on any atom is 0.350 e. The number of hydrogen-bond acceptors (Lipinski definition) is 5. The molecule has 0 N–H and O–H groups in total. The van der Waals surface area contributed by atoms with E-state index in [0.717, 1.165) is 0 Å². The smallest absolute Gasteiger partial charge is 0.350 e. The molecule has 0 fully saturated rings. The Morgan fingerprint density at radius 3 is 2.06 bits per heavy atom. The molecular weight excluding hydrogens is 228 g/mol. The van der Waals surface area contributed by atoms with Gasteiger partial charge in [-0.05, 0) is 19.1 Å². The van der Waals surface area contributed by atoms with Gasteiger partial charge in [0.05, 0.1) is 19.1 Å². The quantitative estimate of drug-likeness (QED) is 0.457. The van der Waals surface area contributed by atoms with E-state index in [4.69, 9.17) is 26.4 Å². The van der Waals surface area contributed by atoms with Crippen molar-refractivity contribution in [2.45, 2.75) is 6.92 Å². The summed E-state index contributed by atoms with van der Waals surface area (Å²) in [6.45, 7) is 1.50. The SMILES string of the molecule is COc1cccc(OC)c1OC(=O)C(C)=S. The molecule has 0 saturated carbocycles. The van der Waals surface area contributed by atoms with Gasteiger partial charge in [0.25, 0.3) is 0 Å². The lowest BCUT2D eigenvalue weighted by Crippen LogP contribution is -2.16. The van der Waals surface area contributed by atoms with Crippen molar-refractivity contribution in [3.63, 3.8) is 0 Å². The predicted octanol–water partition coefficient (Wildman–Crippen LogP) is 2.00. The summed E-state index contributed by atoms with van der Waals surface area (Å²) < 4.78 is 15.2. The van der Waals surface area contributed by atoms with Gasteiger partial charge in [-0.25, -0.2) is 4.79 Å². The normalized spacial score (nSPS) is 9.44.